The molecule has 0 radical (unpaired) electrons. The average molecular weight is 426 g/mol. The Balaban J connectivity index is 1.43. The standard InChI is InChI=1S/C28H31N3O/c1-32-25-10-7-9-22(18-25)23-17-24(20-29-19-23)27-21-31(28-12-4-3-11-26(27)28)16-8-15-30-13-5-2-6-14-30/h3-4,7,9-12,17-21H,2,5-6,8,13-16H2,1H3. The van der Waals surface area contributed by atoms with Gasteiger partial charge in [0.25, 0.3) is 0 Å². The van der Waals surface area contributed by atoms with Crippen molar-refractivity contribution < 1.29 is 4.74 Å². The number of fused-ring (bicyclic) bond motifs is 1. The van der Waals surface area contributed by atoms with Crippen LogP contribution in [0.25, 0.3) is 33.2 Å². The molecule has 1 saturated heterocycles. The smallest absolute Gasteiger partial charge is 0.119 e. The van der Waals surface area contributed by atoms with E-state index in [1.54, 1.807) is 7.11 Å². The monoisotopic (exact) mass is 425 g/mol. The van der Waals surface area contributed by atoms with Crippen LogP contribution in [-0.4, -0.2) is 41.2 Å². The molecule has 3 heterocycles. The van der Waals surface area contributed by atoms with Crippen LogP contribution in [0.4, 0.5) is 0 Å². The maximum absolute atomic E-state index is 5.41. The van der Waals surface area contributed by atoms with Crippen molar-refractivity contribution in [1.29, 1.82) is 0 Å². The fourth-order valence-electron chi connectivity index (χ4n) is 4.86. The highest BCUT2D eigenvalue weighted by atomic mass is 16.5. The van der Waals surface area contributed by atoms with Gasteiger partial charge in [-0.25, -0.2) is 0 Å². The summed E-state index contributed by atoms with van der Waals surface area (Å²) in [5, 5.41) is 1.29. The van der Waals surface area contributed by atoms with Crippen LogP contribution in [0.3, 0.4) is 0 Å². The van der Waals surface area contributed by atoms with E-state index in [2.05, 4.69) is 63.1 Å². The van der Waals surface area contributed by atoms with Crippen molar-refractivity contribution in [2.75, 3.05) is 26.7 Å². The summed E-state index contributed by atoms with van der Waals surface area (Å²) in [5.41, 5.74) is 5.91. The molecule has 0 aliphatic carbocycles. The molecule has 0 amide bonds. The number of benzene rings is 2. The zero-order valence-electron chi connectivity index (χ0n) is 18.8. The molecule has 0 unspecified atom stereocenters. The number of aromatic nitrogens is 2. The third-order valence-electron chi connectivity index (χ3n) is 6.56. The Morgan fingerprint density at radius 3 is 2.56 bits per heavy atom. The minimum absolute atomic E-state index is 0.859. The van der Waals surface area contributed by atoms with E-state index < -0.39 is 0 Å². The molecule has 0 N–H and O–H groups in total. The minimum Gasteiger partial charge on any atom is -0.497 e. The summed E-state index contributed by atoms with van der Waals surface area (Å²) in [6, 6.07) is 19.1. The first-order valence-electron chi connectivity index (χ1n) is 11.7. The SMILES string of the molecule is COc1cccc(-c2cncc(-c3cn(CCCN4CCCCC4)c4ccccc34)c2)c1. The number of aryl methyl sites for hydroxylation is 1. The van der Waals surface area contributed by atoms with Gasteiger partial charge >= 0.3 is 0 Å². The van der Waals surface area contributed by atoms with E-state index in [-0.39, 0.29) is 0 Å². The van der Waals surface area contributed by atoms with Crippen LogP contribution in [0, 0.1) is 0 Å². The van der Waals surface area contributed by atoms with Gasteiger partial charge in [0.1, 0.15) is 5.75 Å². The van der Waals surface area contributed by atoms with Crippen molar-refractivity contribution in [1.82, 2.24) is 14.5 Å². The van der Waals surface area contributed by atoms with Gasteiger partial charge in [-0.3, -0.25) is 4.98 Å². The Hall–Kier alpha value is -3.11. The number of likely N-dealkylation sites (tertiary alicyclic amines) is 1. The highest BCUT2D eigenvalue weighted by Crippen LogP contribution is 2.33. The lowest BCUT2D eigenvalue weighted by Crippen LogP contribution is -2.31. The molecule has 1 fully saturated rings. The molecule has 4 heteroatoms. The molecule has 0 atom stereocenters. The second-order valence-electron chi connectivity index (χ2n) is 8.70. The third-order valence-corrected chi connectivity index (χ3v) is 6.56. The Labute approximate surface area is 190 Å². The number of hydrogen-bond donors (Lipinski definition) is 0. The van der Waals surface area contributed by atoms with Crippen LogP contribution >= 0.6 is 0 Å². The Morgan fingerprint density at radius 1 is 0.844 bits per heavy atom. The van der Waals surface area contributed by atoms with Crippen LogP contribution in [0.2, 0.25) is 0 Å². The van der Waals surface area contributed by atoms with Crippen LogP contribution in [0.5, 0.6) is 5.75 Å². The average Bonchev–Trinajstić information content (AvgIpc) is 3.23. The van der Waals surface area contributed by atoms with E-state index in [1.807, 2.05) is 24.5 Å². The number of rotatable bonds is 7. The Bertz CT molecular complexity index is 1190. The minimum atomic E-state index is 0.859. The summed E-state index contributed by atoms with van der Waals surface area (Å²) < 4.78 is 7.83. The molecule has 1 aliphatic rings. The molecular weight excluding hydrogens is 394 g/mol. The second-order valence-corrected chi connectivity index (χ2v) is 8.70. The molecule has 2 aromatic heterocycles. The highest BCUT2D eigenvalue weighted by Gasteiger charge is 2.13. The molecule has 0 saturated carbocycles. The zero-order valence-corrected chi connectivity index (χ0v) is 18.8. The topological polar surface area (TPSA) is 30.3 Å². The summed E-state index contributed by atoms with van der Waals surface area (Å²) >= 11 is 0. The number of para-hydroxylation sites is 1. The molecule has 4 aromatic rings. The summed E-state index contributed by atoms with van der Waals surface area (Å²) in [6.45, 7) is 4.76. The van der Waals surface area contributed by atoms with Gasteiger partial charge in [0, 0.05) is 52.7 Å². The van der Waals surface area contributed by atoms with Crippen LogP contribution < -0.4 is 4.74 Å². The van der Waals surface area contributed by atoms with Gasteiger partial charge < -0.3 is 14.2 Å². The number of nitrogens with zero attached hydrogens (tertiary/aromatic N) is 3. The van der Waals surface area contributed by atoms with Crippen LogP contribution in [-0.2, 0) is 6.54 Å². The summed E-state index contributed by atoms with van der Waals surface area (Å²) in [4.78, 5) is 7.20. The quantitative estimate of drug-likeness (QED) is 0.350. The number of ether oxygens (including phenoxy) is 1. The predicted octanol–water partition coefficient (Wildman–Crippen LogP) is 6.25. The maximum atomic E-state index is 5.41. The van der Waals surface area contributed by atoms with Crippen molar-refractivity contribution in [2.45, 2.75) is 32.2 Å². The predicted molar refractivity (Wildman–Crippen MR) is 132 cm³/mol. The molecule has 0 spiro atoms. The fraction of sp³-hybridized carbons (Fsp3) is 0.321. The molecule has 0 bridgehead atoms. The van der Waals surface area contributed by atoms with Crippen molar-refractivity contribution >= 4 is 10.9 Å². The number of hydrogen-bond acceptors (Lipinski definition) is 3. The highest BCUT2D eigenvalue weighted by molar-refractivity contribution is 5.96. The van der Waals surface area contributed by atoms with Crippen LogP contribution in [0.1, 0.15) is 25.7 Å². The van der Waals surface area contributed by atoms with E-state index in [1.165, 1.54) is 61.8 Å². The van der Waals surface area contributed by atoms with E-state index in [0.717, 1.165) is 29.0 Å². The number of piperidine rings is 1. The van der Waals surface area contributed by atoms with Gasteiger partial charge in [-0.15, -0.1) is 0 Å². The molecule has 2 aromatic carbocycles. The molecule has 1 aliphatic heterocycles. The molecular formula is C28H31N3O. The van der Waals surface area contributed by atoms with E-state index in [9.17, 15) is 0 Å². The second kappa shape index (κ2) is 9.58. The first kappa shape index (κ1) is 20.8. The number of methoxy groups -OCH3 is 1. The summed E-state index contributed by atoms with van der Waals surface area (Å²) in [7, 11) is 1.70. The van der Waals surface area contributed by atoms with E-state index in [4.69, 9.17) is 4.74 Å². The molecule has 4 nitrogen and oxygen atoms in total. The normalized spacial score (nSPS) is 14.7. The number of pyridine rings is 1. The lowest BCUT2D eigenvalue weighted by atomic mass is 10.0. The molecule has 32 heavy (non-hydrogen) atoms. The zero-order chi connectivity index (χ0) is 21.8. The van der Waals surface area contributed by atoms with Gasteiger partial charge in [-0.1, -0.05) is 36.8 Å². The van der Waals surface area contributed by atoms with Gasteiger partial charge in [0.15, 0.2) is 0 Å². The summed E-state index contributed by atoms with van der Waals surface area (Å²) in [5.74, 6) is 0.859. The fourth-order valence-corrected chi connectivity index (χ4v) is 4.86. The van der Waals surface area contributed by atoms with E-state index in [0.29, 0.717) is 0 Å². The van der Waals surface area contributed by atoms with Gasteiger partial charge in [-0.2, -0.15) is 0 Å². The van der Waals surface area contributed by atoms with Crippen LogP contribution in [0.15, 0.2) is 73.2 Å². The van der Waals surface area contributed by atoms with Gasteiger partial charge in [0.05, 0.1) is 7.11 Å². The maximum Gasteiger partial charge on any atom is 0.119 e. The van der Waals surface area contributed by atoms with E-state index >= 15 is 0 Å². The third kappa shape index (κ3) is 4.42. The Kier molecular flexibility index (Phi) is 6.22. The van der Waals surface area contributed by atoms with Crippen molar-refractivity contribution in [3.05, 3.63) is 73.2 Å². The molecule has 164 valence electrons. The first-order valence-corrected chi connectivity index (χ1v) is 11.7. The van der Waals surface area contributed by atoms with Gasteiger partial charge in [0.2, 0.25) is 0 Å². The lowest BCUT2D eigenvalue weighted by Gasteiger charge is -2.26. The van der Waals surface area contributed by atoms with Crippen molar-refractivity contribution in [3.8, 4) is 28.0 Å². The van der Waals surface area contributed by atoms with Crippen molar-refractivity contribution in [3.63, 3.8) is 0 Å². The summed E-state index contributed by atoms with van der Waals surface area (Å²) in [6.07, 6.45) is 11.5. The largest absolute Gasteiger partial charge is 0.497 e. The van der Waals surface area contributed by atoms with Gasteiger partial charge in [-0.05, 0) is 68.7 Å². The first-order chi connectivity index (χ1) is 15.8. The van der Waals surface area contributed by atoms with Crippen molar-refractivity contribution in [2.24, 2.45) is 0 Å². The lowest BCUT2D eigenvalue weighted by molar-refractivity contribution is 0.223. The Morgan fingerprint density at radius 2 is 1.69 bits per heavy atom. The molecule has 5 rings (SSSR count).